The van der Waals surface area contributed by atoms with Gasteiger partial charge in [0.15, 0.2) is 17.5 Å². The third kappa shape index (κ3) is 4.28. The predicted octanol–water partition coefficient (Wildman–Crippen LogP) is 12.2. The molecule has 0 saturated carbocycles. The maximum Gasteiger partial charge on any atom is 0.164 e. The van der Waals surface area contributed by atoms with Gasteiger partial charge >= 0.3 is 0 Å². The summed E-state index contributed by atoms with van der Waals surface area (Å²) < 4.78 is 9.40. The molecule has 0 saturated heterocycles. The molecule has 0 aliphatic heterocycles. The summed E-state index contributed by atoms with van der Waals surface area (Å²) in [5, 5.41) is 4.25. The van der Waals surface area contributed by atoms with Crippen molar-refractivity contribution < 1.29 is 4.42 Å². The Labute approximate surface area is 305 Å². The molecule has 5 nitrogen and oxygen atoms in total. The number of aromatic nitrogens is 4. The summed E-state index contributed by atoms with van der Waals surface area (Å²) >= 11 is 0. The molecule has 3 heterocycles. The van der Waals surface area contributed by atoms with E-state index in [4.69, 9.17) is 19.4 Å². The molecule has 0 N–H and O–H groups in total. The first kappa shape index (κ1) is 29.8. The van der Waals surface area contributed by atoms with Crippen molar-refractivity contribution in [2.24, 2.45) is 0 Å². The Balaban J connectivity index is 1.33. The van der Waals surface area contributed by atoms with E-state index >= 15 is 0 Å². The van der Waals surface area contributed by atoms with Gasteiger partial charge in [0.2, 0.25) is 0 Å². The lowest BCUT2D eigenvalue weighted by molar-refractivity contribution is 0.664. The van der Waals surface area contributed by atoms with Crippen LogP contribution in [-0.4, -0.2) is 19.5 Å². The van der Waals surface area contributed by atoms with Gasteiger partial charge in [0, 0.05) is 44.0 Å². The molecule has 0 spiro atoms. The van der Waals surface area contributed by atoms with Gasteiger partial charge < -0.3 is 8.98 Å². The first-order valence-electron chi connectivity index (χ1n) is 18.0. The van der Waals surface area contributed by atoms with E-state index in [1.54, 1.807) is 0 Å². The Morgan fingerprint density at radius 1 is 0.509 bits per heavy atom. The molecule has 53 heavy (non-hydrogen) atoms. The van der Waals surface area contributed by atoms with Crippen molar-refractivity contribution in [3.05, 3.63) is 169 Å². The smallest absolute Gasteiger partial charge is 0.164 e. The van der Waals surface area contributed by atoms with Gasteiger partial charge in [0.05, 0.1) is 16.4 Å². The number of para-hydroxylation sites is 2. The average molecular weight is 681 g/mol. The fourth-order valence-corrected chi connectivity index (χ4v) is 8.67. The molecule has 0 unspecified atom stereocenters. The first-order valence-corrected chi connectivity index (χ1v) is 18.0. The number of hydrogen-bond acceptors (Lipinski definition) is 4. The Kier molecular flexibility index (Phi) is 6.23. The zero-order valence-corrected chi connectivity index (χ0v) is 29.2. The van der Waals surface area contributed by atoms with Gasteiger partial charge in [-0.05, 0) is 46.5 Å². The number of furan rings is 1. The van der Waals surface area contributed by atoms with E-state index in [-0.39, 0.29) is 5.41 Å². The molecule has 11 rings (SSSR count). The molecule has 10 aromatic rings. The third-order valence-electron chi connectivity index (χ3n) is 11.0. The van der Waals surface area contributed by atoms with E-state index in [1.165, 1.54) is 27.8 Å². The summed E-state index contributed by atoms with van der Waals surface area (Å²) in [6.45, 7) is 4.71. The van der Waals surface area contributed by atoms with E-state index in [2.05, 4.69) is 109 Å². The summed E-state index contributed by atoms with van der Waals surface area (Å²) in [6.07, 6.45) is 0. The van der Waals surface area contributed by atoms with E-state index < -0.39 is 0 Å². The molecule has 250 valence electrons. The molecule has 0 atom stereocenters. The highest BCUT2D eigenvalue weighted by atomic mass is 16.3. The molecule has 0 amide bonds. The lowest BCUT2D eigenvalue weighted by Crippen LogP contribution is -2.16. The lowest BCUT2D eigenvalue weighted by atomic mass is 9.81. The minimum atomic E-state index is -0.231. The molecule has 7 aromatic carbocycles. The van der Waals surface area contributed by atoms with Crippen molar-refractivity contribution in [3.63, 3.8) is 0 Å². The molecule has 5 heteroatoms. The highest BCUT2D eigenvalue weighted by Crippen LogP contribution is 2.54. The van der Waals surface area contributed by atoms with Crippen LogP contribution in [-0.2, 0) is 5.41 Å². The largest absolute Gasteiger partial charge is 0.455 e. The van der Waals surface area contributed by atoms with E-state index in [1.807, 2.05) is 66.7 Å². The zero-order chi connectivity index (χ0) is 35.3. The van der Waals surface area contributed by atoms with Crippen LogP contribution in [0.25, 0.3) is 94.7 Å². The van der Waals surface area contributed by atoms with Crippen molar-refractivity contribution >= 4 is 43.7 Å². The number of fused-ring (bicyclic) bond motifs is 11. The fourth-order valence-electron chi connectivity index (χ4n) is 8.67. The predicted molar refractivity (Wildman–Crippen MR) is 215 cm³/mol. The van der Waals surface area contributed by atoms with Crippen molar-refractivity contribution in [1.29, 1.82) is 0 Å². The number of benzene rings is 7. The van der Waals surface area contributed by atoms with Gasteiger partial charge in [-0.1, -0.05) is 147 Å². The first-order chi connectivity index (χ1) is 26.1. The number of rotatable bonds is 4. The van der Waals surface area contributed by atoms with Gasteiger partial charge in [-0.25, -0.2) is 15.0 Å². The quantitative estimate of drug-likeness (QED) is 0.186. The molecule has 0 fully saturated rings. The Morgan fingerprint density at radius 2 is 1.11 bits per heavy atom. The Morgan fingerprint density at radius 3 is 1.83 bits per heavy atom. The van der Waals surface area contributed by atoms with Crippen LogP contribution in [0.1, 0.15) is 25.0 Å². The van der Waals surface area contributed by atoms with Gasteiger partial charge in [0.25, 0.3) is 0 Å². The average Bonchev–Trinajstić information content (AvgIpc) is 3.84. The van der Waals surface area contributed by atoms with Crippen LogP contribution in [0.15, 0.2) is 162 Å². The van der Waals surface area contributed by atoms with Crippen molar-refractivity contribution in [1.82, 2.24) is 19.5 Å². The van der Waals surface area contributed by atoms with Gasteiger partial charge in [0.1, 0.15) is 11.2 Å². The highest BCUT2D eigenvalue weighted by Gasteiger charge is 2.39. The molecular formula is C48H32N4O. The molecule has 3 aromatic heterocycles. The van der Waals surface area contributed by atoms with Crippen LogP contribution in [0, 0.1) is 0 Å². The van der Waals surface area contributed by atoms with Crippen LogP contribution in [0.2, 0.25) is 0 Å². The Bertz CT molecular complexity index is 3010. The third-order valence-corrected chi connectivity index (χ3v) is 11.0. The minimum Gasteiger partial charge on any atom is -0.455 e. The number of nitrogens with zero attached hydrogens (tertiary/aromatic N) is 4. The second-order valence-corrected chi connectivity index (χ2v) is 14.4. The number of hydrogen-bond donors (Lipinski definition) is 0. The summed E-state index contributed by atoms with van der Waals surface area (Å²) in [7, 11) is 0. The zero-order valence-electron chi connectivity index (χ0n) is 29.2. The van der Waals surface area contributed by atoms with Gasteiger partial charge in [-0.2, -0.15) is 0 Å². The molecule has 1 aliphatic carbocycles. The maximum atomic E-state index is 6.96. The van der Waals surface area contributed by atoms with Crippen LogP contribution >= 0.6 is 0 Å². The van der Waals surface area contributed by atoms with Gasteiger partial charge in [-0.3, -0.25) is 0 Å². The topological polar surface area (TPSA) is 56.7 Å². The molecule has 0 radical (unpaired) electrons. The lowest BCUT2D eigenvalue weighted by Gasteiger charge is -2.23. The van der Waals surface area contributed by atoms with Crippen molar-refractivity contribution in [2.45, 2.75) is 19.3 Å². The molecular weight excluding hydrogens is 649 g/mol. The van der Waals surface area contributed by atoms with E-state index in [0.29, 0.717) is 17.5 Å². The van der Waals surface area contributed by atoms with E-state index in [9.17, 15) is 0 Å². The second-order valence-electron chi connectivity index (χ2n) is 14.4. The molecule has 0 bridgehead atoms. The summed E-state index contributed by atoms with van der Waals surface area (Å²) in [5.74, 6) is 1.84. The van der Waals surface area contributed by atoms with Gasteiger partial charge in [-0.15, -0.1) is 0 Å². The Hall–Kier alpha value is -6.85. The monoisotopic (exact) mass is 680 g/mol. The van der Waals surface area contributed by atoms with Crippen LogP contribution in [0.3, 0.4) is 0 Å². The second kappa shape index (κ2) is 11.1. The van der Waals surface area contributed by atoms with E-state index in [0.717, 1.165) is 60.6 Å². The summed E-state index contributed by atoms with van der Waals surface area (Å²) in [4.78, 5) is 15.5. The van der Waals surface area contributed by atoms with Crippen LogP contribution in [0.5, 0.6) is 0 Å². The van der Waals surface area contributed by atoms with Crippen LogP contribution < -0.4 is 0 Å². The van der Waals surface area contributed by atoms with Crippen molar-refractivity contribution in [2.75, 3.05) is 0 Å². The minimum absolute atomic E-state index is 0.231. The fraction of sp³-hybridized carbons (Fsp3) is 0.0625. The SMILES string of the molecule is CC1(C)c2ccccc2-c2ccc3c4c5oc6ccccc6c5c(-c5nc(-c6ccccc6)nc(-c6ccccc6)n5)cc4n(-c4ccccc4)c3c21. The highest BCUT2D eigenvalue weighted by molar-refractivity contribution is 6.28. The normalized spacial score (nSPS) is 13.2. The van der Waals surface area contributed by atoms with Crippen LogP contribution in [0.4, 0.5) is 0 Å². The maximum absolute atomic E-state index is 6.96. The summed E-state index contributed by atoms with van der Waals surface area (Å²) in [6, 6.07) is 55.0. The standard InChI is InChI=1S/C48H32N4O/c1-48(2)37-24-14-12-22-32(37)33-26-27-35-41-38(52(43(35)42(33)48)31-20-10-5-11-21-31)28-36(40-34-23-13-15-25-39(34)53-44(40)41)47-50-45(29-16-6-3-7-17-29)49-46(51-47)30-18-8-4-9-19-30/h3-28H,1-2H3. The molecule has 1 aliphatic rings. The summed E-state index contributed by atoms with van der Waals surface area (Å²) in [5.41, 5.74) is 12.7. The van der Waals surface area contributed by atoms with Crippen molar-refractivity contribution in [3.8, 4) is 51.0 Å².